The molecule has 2 rings (SSSR count). The molecule has 0 heterocycles. The summed E-state index contributed by atoms with van der Waals surface area (Å²) in [4.78, 5) is 11.4. The molecule has 3 atom stereocenters. The number of rotatable bonds is 4. The van der Waals surface area contributed by atoms with Gasteiger partial charge in [0.25, 0.3) is 0 Å². The molecular formula is C17H24O2. The maximum Gasteiger partial charge on any atom is 0.307 e. The van der Waals surface area contributed by atoms with Gasteiger partial charge in [0.05, 0.1) is 5.92 Å². The molecule has 1 aliphatic rings. The molecule has 3 unspecified atom stereocenters. The van der Waals surface area contributed by atoms with E-state index in [0.717, 1.165) is 32.1 Å². The zero-order valence-corrected chi connectivity index (χ0v) is 11.9. The van der Waals surface area contributed by atoms with E-state index in [1.165, 1.54) is 11.1 Å². The van der Waals surface area contributed by atoms with E-state index in [4.69, 9.17) is 0 Å². The van der Waals surface area contributed by atoms with Gasteiger partial charge in [0, 0.05) is 0 Å². The molecule has 1 N–H and O–H groups in total. The van der Waals surface area contributed by atoms with Gasteiger partial charge in [-0.1, -0.05) is 44.5 Å². The lowest BCUT2D eigenvalue weighted by Crippen LogP contribution is -2.28. The molecule has 104 valence electrons. The Labute approximate surface area is 115 Å². The molecule has 1 aromatic carbocycles. The van der Waals surface area contributed by atoms with Crippen LogP contribution < -0.4 is 0 Å². The summed E-state index contributed by atoms with van der Waals surface area (Å²) in [5.74, 6) is -0.00407. The maximum atomic E-state index is 11.4. The highest BCUT2D eigenvalue weighted by molar-refractivity contribution is 5.71. The van der Waals surface area contributed by atoms with E-state index in [1.54, 1.807) is 0 Å². The van der Waals surface area contributed by atoms with E-state index < -0.39 is 5.97 Å². The van der Waals surface area contributed by atoms with E-state index in [0.29, 0.717) is 5.92 Å². The van der Waals surface area contributed by atoms with E-state index in [-0.39, 0.29) is 11.8 Å². The van der Waals surface area contributed by atoms with Crippen LogP contribution in [0.2, 0.25) is 0 Å². The van der Waals surface area contributed by atoms with Gasteiger partial charge in [-0.05, 0) is 48.6 Å². The number of carbonyl (C=O) groups is 1. The molecule has 0 amide bonds. The highest BCUT2D eigenvalue weighted by Crippen LogP contribution is 2.40. The second-order valence-electron chi connectivity index (χ2n) is 5.96. The van der Waals surface area contributed by atoms with Crippen LogP contribution in [0.4, 0.5) is 0 Å². The van der Waals surface area contributed by atoms with Crippen LogP contribution >= 0.6 is 0 Å². The quantitative estimate of drug-likeness (QED) is 0.879. The fraction of sp³-hybridized carbons (Fsp3) is 0.588. The van der Waals surface area contributed by atoms with Crippen LogP contribution in [-0.4, -0.2) is 11.1 Å². The average molecular weight is 260 g/mol. The Morgan fingerprint density at radius 1 is 1.26 bits per heavy atom. The number of aryl methyl sites for hydroxylation is 1. The molecule has 0 saturated heterocycles. The van der Waals surface area contributed by atoms with Crippen molar-refractivity contribution in [2.24, 2.45) is 11.8 Å². The van der Waals surface area contributed by atoms with Gasteiger partial charge in [-0.25, -0.2) is 0 Å². The van der Waals surface area contributed by atoms with Crippen molar-refractivity contribution in [2.45, 2.75) is 51.9 Å². The smallest absolute Gasteiger partial charge is 0.307 e. The van der Waals surface area contributed by atoms with Crippen LogP contribution in [-0.2, 0) is 11.2 Å². The summed E-state index contributed by atoms with van der Waals surface area (Å²) in [7, 11) is 0. The Bertz CT molecular complexity index is 421. The molecule has 1 fully saturated rings. The maximum absolute atomic E-state index is 11.4. The Balaban J connectivity index is 2.18. The Morgan fingerprint density at radius 3 is 2.53 bits per heavy atom. The molecule has 0 spiro atoms. The minimum Gasteiger partial charge on any atom is -0.481 e. The van der Waals surface area contributed by atoms with Crippen LogP contribution in [0, 0.1) is 11.8 Å². The van der Waals surface area contributed by atoms with Crippen molar-refractivity contribution in [1.29, 1.82) is 0 Å². The first-order chi connectivity index (χ1) is 9.11. The number of hydrogen-bond donors (Lipinski definition) is 1. The predicted octanol–water partition coefficient (Wildman–Crippen LogP) is 4.24. The summed E-state index contributed by atoms with van der Waals surface area (Å²) >= 11 is 0. The van der Waals surface area contributed by atoms with Crippen LogP contribution in [0.3, 0.4) is 0 Å². The van der Waals surface area contributed by atoms with E-state index in [9.17, 15) is 9.90 Å². The third-order valence-corrected chi connectivity index (χ3v) is 4.38. The van der Waals surface area contributed by atoms with Gasteiger partial charge < -0.3 is 5.11 Å². The van der Waals surface area contributed by atoms with Crippen molar-refractivity contribution in [3.63, 3.8) is 0 Å². The summed E-state index contributed by atoms with van der Waals surface area (Å²) in [6.45, 7) is 4.41. The Kier molecular flexibility index (Phi) is 4.62. The van der Waals surface area contributed by atoms with E-state index in [2.05, 4.69) is 38.1 Å². The van der Waals surface area contributed by atoms with Gasteiger partial charge in [-0.3, -0.25) is 4.79 Å². The SMILES string of the molecule is CCCc1ccc(C2CC(C)CCC2C(=O)O)cc1. The number of aliphatic carboxylic acids is 1. The summed E-state index contributed by atoms with van der Waals surface area (Å²) in [6, 6.07) is 8.61. The minimum atomic E-state index is -0.630. The monoisotopic (exact) mass is 260 g/mol. The van der Waals surface area contributed by atoms with Crippen molar-refractivity contribution < 1.29 is 9.90 Å². The molecule has 2 heteroatoms. The first kappa shape index (κ1) is 14.1. The third-order valence-electron chi connectivity index (χ3n) is 4.38. The van der Waals surface area contributed by atoms with Gasteiger partial charge in [0.15, 0.2) is 0 Å². The average Bonchev–Trinajstić information content (AvgIpc) is 2.39. The predicted molar refractivity (Wildman–Crippen MR) is 77.3 cm³/mol. The van der Waals surface area contributed by atoms with Crippen molar-refractivity contribution >= 4 is 5.97 Å². The van der Waals surface area contributed by atoms with Gasteiger partial charge in [0.1, 0.15) is 0 Å². The topological polar surface area (TPSA) is 37.3 Å². The molecule has 0 bridgehead atoms. The third kappa shape index (κ3) is 3.37. The zero-order valence-electron chi connectivity index (χ0n) is 11.9. The van der Waals surface area contributed by atoms with Crippen LogP contribution in [0.15, 0.2) is 24.3 Å². The van der Waals surface area contributed by atoms with Crippen molar-refractivity contribution in [3.05, 3.63) is 35.4 Å². The van der Waals surface area contributed by atoms with Gasteiger partial charge in [-0.2, -0.15) is 0 Å². The number of carboxylic acids is 1. The fourth-order valence-electron chi connectivity index (χ4n) is 3.27. The highest BCUT2D eigenvalue weighted by atomic mass is 16.4. The zero-order chi connectivity index (χ0) is 13.8. The van der Waals surface area contributed by atoms with Gasteiger partial charge in [0.2, 0.25) is 0 Å². The fourth-order valence-corrected chi connectivity index (χ4v) is 3.27. The lowest BCUT2D eigenvalue weighted by Gasteiger charge is -2.32. The summed E-state index contributed by atoms with van der Waals surface area (Å²) in [5, 5.41) is 9.40. The van der Waals surface area contributed by atoms with Gasteiger partial charge >= 0.3 is 5.97 Å². The molecule has 1 saturated carbocycles. The second kappa shape index (κ2) is 6.23. The Morgan fingerprint density at radius 2 is 1.95 bits per heavy atom. The summed E-state index contributed by atoms with van der Waals surface area (Å²) in [5.41, 5.74) is 2.56. The minimum absolute atomic E-state index is 0.192. The van der Waals surface area contributed by atoms with Crippen molar-refractivity contribution in [2.75, 3.05) is 0 Å². The lowest BCUT2D eigenvalue weighted by atomic mass is 9.71. The number of hydrogen-bond acceptors (Lipinski definition) is 1. The van der Waals surface area contributed by atoms with Crippen molar-refractivity contribution in [3.8, 4) is 0 Å². The van der Waals surface area contributed by atoms with Gasteiger partial charge in [-0.15, -0.1) is 0 Å². The second-order valence-corrected chi connectivity index (χ2v) is 5.96. The normalized spacial score (nSPS) is 27.2. The Hall–Kier alpha value is -1.31. The molecule has 1 aliphatic carbocycles. The number of carboxylic acid groups (broad SMARTS) is 1. The van der Waals surface area contributed by atoms with Crippen molar-refractivity contribution in [1.82, 2.24) is 0 Å². The van der Waals surface area contributed by atoms with E-state index >= 15 is 0 Å². The molecule has 1 aromatic rings. The summed E-state index contributed by atoms with van der Waals surface area (Å²) in [6.07, 6.45) is 5.12. The molecular weight excluding hydrogens is 236 g/mol. The molecule has 19 heavy (non-hydrogen) atoms. The highest BCUT2D eigenvalue weighted by Gasteiger charge is 2.34. The van der Waals surface area contributed by atoms with E-state index in [1.807, 2.05) is 0 Å². The largest absolute Gasteiger partial charge is 0.481 e. The molecule has 2 nitrogen and oxygen atoms in total. The lowest BCUT2D eigenvalue weighted by molar-refractivity contribution is -0.143. The van der Waals surface area contributed by atoms with Crippen LogP contribution in [0.1, 0.15) is 56.6 Å². The molecule has 0 aromatic heterocycles. The summed E-state index contributed by atoms with van der Waals surface area (Å²) < 4.78 is 0. The standard InChI is InChI=1S/C17H24O2/c1-3-4-13-6-8-14(9-7-13)16-11-12(2)5-10-15(16)17(18)19/h6-9,12,15-16H,3-5,10-11H2,1-2H3,(H,18,19). The van der Waals surface area contributed by atoms with Crippen LogP contribution in [0.25, 0.3) is 0 Å². The first-order valence-electron chi connectivity index (χ1n) is 7.43. The molecule has 0 aliphatic heterocycles. The molecule has 0 radical (unpaired) electrons. The first-order valence-corrected chi connectivity index (χ1v) is 7.43. The number of benzene rings is 1. The van der Waals surface area contributed by atoms with Crippen LogP contribution in [0.5, 0.6) is 0 Å².